The van der Waals surface area contributed by atoms with Crippen LogP contribution in [0, 0.1) is 6.92 Å². The number of aryl methyl sites for hydroxylation is 1. The lowest BCUT2D eigenvalue weighted by Crippen LogP contribution is -2.54. The van der Waals surface area contributed by atoms with Crippen LogP contribution in [-0.4, -0.2) is 71.8 Å². The van der Waals surface area contributed by atoms with E-state index in [4.69, 9.17) is 16.3 Å². The Bertz CT molecular complexity index is 1130. The topological polar surface area (TPSA) is 111 Å². The molecule has 192 valence electrons. The molecular formula is C26H31ClN4O5. The van der Waals surface area contributed by atoms with Gasteiger partial charge in [0.05, 0.1) is 12.1 Å². The number of piperidine rings is 1. The van der Waals surface area contributed by atoms with Gasteiger partial charge >= 0.3 is 18.0 Å². The van der Waals surface area contributed by atoms with Gasteiger partial charge in [-0.05, 0) is 55.0 Å². The summed E-state index contributed by atoms with van der Waals surface area (Å²) in [5.41, 5.74) is 3.23. The lowest BCUT2D eigenvalue weighted by atomic mass is 10.0. The normalized spacial score (nSPS) is 17.0. The Labute approximate surface area is 215 Å². The molecule has 4 amide bonds. The number of nitrogens with zero attached hydrogens (tertiary/aromatic N) is 2. The first kappa shape index (κ1) is 25.6. The number of hydrogen-bond donors (Lipinski definition) is 3. The summed E-state index contributed by atoms with van der Waals surface area (Å²) in [6.07, 6.45) is 2.24. The highest BCUT2D eigenvalue weighted by Crippen LogP contribution is 2.29. The zero-order chi connectivity index (χ0) is 25.8. The molecule has 0 aromatic heterocycles. The number of anilines is 1. The van der Waals surface area contributed by atoms with Crippen molar-refractivity contribution in [3.05, 3.63) is 58.1 Å². The van der Waals surface area contributed by atoms with Crippen LogP contribution in [0.2, 0.25) is 5.02 Å². The molecule has 10 heteroatoms. The first-order valence-electron chi connectivity index (χ1n) is 12.0. The molecule has 2 aromatic carbocycles. The zero-order valence-corrected chi connectivity index (χ0v) is 21.2. The number of carbonyl (C=O) groups is 3. The van der Waals surface area contributed by atoms with Gasteiger partial charge in [-0.2, -0.15) is 0 Å². The molecule has 9 nitrogen and oxygen atoms in total. The number of phenolic OH excluding ortho intramolecular Hbond substituents is 1. The number of nitrogens with one attached hydrogen (secondary N) is 2. The third-order valence-corrected chi connectivity index (χ3v) is 7.16. The number of esters is 1. The van der Waals surface area contributed by atoms with Gasteiger partial charge in [0, 0.05) is 37.8 Å². The maximum Gasteiger partial charge on any atom is 0.328 e. The van der Waals surface area contributed by atoms with Crippen molar-refractivity contribution in [2.45, 2.75) is 44.7 Å². The van der Waals surface area contributed by atoms with Gasteiger partial charge in [0.15, 0.2) is 0 Å². The Hall–Kier alpha value is -3.46. The number of para-hydroxylation sites is 1. The Balaban J connectivity index is 1.35. The molecule has 2 aliphatic rings. The van der Waals surface area contributed by atoms with E-state index in [-0.39, 0.29) is 35.3 Å². The summed E-state index contributed by atoms with van der Waals surface area (Å²) in [6.45, 7) is 3.26. The summed E-state index contributed by atoms with van der Waals surface area (Å²) < 4.78 is 4.90. The molecular weight excluding hydrogens is 484 g/mol. The Kier molecular flexibility index (Phi) is 7.88. The van der Waals surface area contributed by atoms with Crippen LogP contribution < -0.4 is 10.6 Å². The van der Waals surface area contributed by atoms with Crippen LogP contribution in [0.15, 0.2) is 36.4 Å². The predicted octanol–water partition coefficient (Wildman–Crippen LogP) is 3.70. The first-order chi connectivity index (χ1) is 17.3. The number of methoxy groups -OCH3 is 1. The number of rotatable bonds is 5. The second kappa shape index (κ2) is 11.1. The van der Waals surface area contributed by atoms with Crippen LogP contribution in [-0.2, 0) is 22.4 Å². The van der Waals surface area contributed by atoms with Crippen molar-refractivity contribution in [1.82, 2.24) is 15.1 Å². The van der Waals surface area contributed by atoms with Crippen LogP contribution in [0.3, 0.4) is 0 Å². The standard InChI is InChI=1S/C26H31ClN4O5/c1-16-13-17(14-20(27)23(16)32)15-22(24(33)36-2)29-25(34)30-10-8-19(9-11-30)31-12-7-18-5-3-4-6-21(18)28-26(31)35/h3-6,13-14,19,22,32H,7-12,15H2,1-2H3,(H,28,35)(H,29,34)/t22-/m1/s1. The van der Waals surface area contributed by atoms with Crippen LogP contribution in [0.5, 0.6) is 5.75 Å². The van der Waals surface area contributed by atoms with Gasteiger partial charge in [-0.3, -0.25) is 0 Å². The minimum Gasteiger partial charge on any atom is -0.506 e. The van der Waals surface area contributed by atoms with Crippen LogP contribution in [0.25, 0.3) is 0 Å². The average molecular weight is 515 g/mol. The van der Waals surface area contributed by atoms with Crippen molar-refractivity contribution in [2.24, 2.45) is 0 Å². The maximum atomic E-state index is 13.0. The van der Waals surface area contributed by atoms with Gasteiger partial charge in [0.25, 0.3) is 0 Å². The SMILES string of the molecule is COC(=O)[C@@H](Cc1cc(C)c(O)c(Cl)c1)NC(=O)N1CCC(N2CCc3ccccc3NC2=O)CC1. The van der Waals surface area contributed by atoms with E-state index in [1.165, 1.54) is 7.11 Å². The first-order valence-corrected chi connectivity index (χ1v) is 12.4. The fourth-order valence-electron chi connectivity index (χ4n) is 4.86. The number of amides is 4. The smallest absolute Gasteiger partial charge is 0.328 e. The molecule has 2 aromatic rings. The zero-order valence-electron chi connectivity index (χ0n) is 20.4. The van der Waals surface area contributed by atoms with E-state index in [2.05, 4.69) is 10.6 Å². The van der Waals surface area contributed by atoms with Crippen molar-refractivity contribution >= 4 is 35.3 Å². The van der Waals surface area contributed by atoms with Crippen molar-refractivity contribution in [3.8, 4) is 5.75 Å². The number of aromatic hydroxyl groups is 1. The number of hydrogen-bond acceptors (Lipinski definition) is 5. The summed E-state index contributed by atoms with van der Waals surface area (Å²) in [6, 6.07) is 9.75. The fourth-order valence-corrected chi connectivity index (χ4v) is 5.14. The minimum absolute atomic E-state index is 0.0103. The van der Waals surface area contributed by atoms with E-state index in [1.807, 2.05) is 29.2 Å². The number of carbonyl (C=O) groups excluding carboxylic acids is 3. The van der Waals surface area contributed by atoms with Crippen molar-refractivity contribution in [2.75, 3.05) is 32.1 Å². The number of fused-ring (bicyclic) bond motifs is 1. The molecule has 2 aliphatic heterocycles. The Morgan fingerprint density at radius 1 is 1.22 bits per heavy atom. The summed E-state index contributed by atoms with van der Waals surface area (Å²) >= 11 is 6.07. The number of halogens is 1. The van der Waals surface area contributed by atoms with Gasteiger partial charge in [-0.15, -0.1) is 0 Å². The lowest BCUT2D eigenvalue weighted by molar-refractivity contribution is -0.142. The highest BCUT2D eigenvalue weighted by atomic mass is 35.5. The highest BCUT2D eigenvalue weighted by Gasteiger charge is 2.32. The third-order valence-electron chi connectivity index (χ3n) is 6.87. The van der Waals surface area contributed by atoms with E-state index in [1.54, 1.807) is 24.0 Å². The molecule has 1 fully saturated rings. The van der Waals surface area contributed by atoms with E-state index < -0.39 is 12.0 Å². The molecule has 3 N–H and O–H groups in total. The number of ether oxygens (including phenoxy) is 1. The van der Waals surface area contributed by atoms with Crippen LogP contribution in [0.1, 0.15) is 29.5 Å². The van der Waals surface area contributed by atoms with E-state index in [0.717, 1.165) is 17.7 Å². The summed E-state index contributed by atoms with van der Waals surface area (Å²) in [5, 5.41) is 15.9. The molecule has 4 rings (SSSR count). The number of benzene rings is 2. The molecule has 1 atom stereocenters. The molecule has 2 heterocycles. The second-order valence-corrected chi connectivity index (χ2v) is 9.63. The van der Waals surface area contributed by atoms with Gasteiger partial charge in [-0.25, -0.2) is 14.4 Å². The fraction of sp³-hybridized carbons (Fsp3) is 0.423. The maximum absolute atomic E-state index is 13.0. The molecule has 0 bridgehead atoms. The van der Waals surface area contributed by atoms with E-state index in [9.17, 15) is 19.5 Å². The second-order valence-electron chi connectivity index (χ2n) is 9.22. The van der Waals surface area contributed by atoms with Gasteiger partial charge < -0.3 is 30.3 Å². The van der Waals surface area contributed by atoms with Gasteiger partial charge in [-0.1, -0.05) is 35.9 Å². The monoisotopic (exact) mass is 514 g/mol. The Morgan fingerprint density at radius 3 is 2.64 bits per heavy atom. The molecule has 0 aliphatic carbocycles. The molecule has 1 saturated heterocycles. The van der Waals surface area contributed by atoms with E-state index in [0.29, 0.717) is 43.6 Å². The highest BCUT2D eigenvalue weighted by molar-refractivity contribution is 6.32. The average Bonchev–Trinajstić information content (AvgIpc) is 3.04. The lowest BCUT2D eigenvalue weighted by Gasteiger charge is -2.38. The van der Waals surface area contributed by atoms with Gasteiger partial charge in [0.1, 0.15) is 11.8 Å². The predicted molar refractivity (Wildman–Crippen MR) is 136 cm³/mol. The van der Waals surface area contributed by atoms with Crippen LogP contribution >= 0.6 is 11.6 Å². The Morgan fingerprint density at radius 2 is 1.94 bits per heavy atom. The number of phenols is 1. The quantitative estimate of drug-likeness (QED) is 0.527. The molecule has 0 saturated carbocycles. The minimum atomic E-state index is -0.907. The van der Waals surface area contributed by atoms with Crippen LogP contribution in [0.4, 0.5) is 15.3 Å². The van der Waals surface area contributed by atoms with Crippen molar-refractivity contribution < 1.29 is 24.2 Å². The molecule has 0 spiro atoms. The summed E-state index contributed by atoms with van der Waals surface area (Å²) in [7, 11) is 1.27. The number of urea groups is 2. The largest absolute Gasteiger partial charge is 0.506 e. The molecule has 36 heavy (non-hydrogen) atoms. The number of likely N-dealkylation sites (tertiary alicyclic amines) is 1. The van der Waals surface area contributed by atoms with Crippen molar-refractivity contribution in [3.63, 3.8) is 0 Å². The molecule has 0 radical (unpaired) electrons. The van der Waals surface area contributed by atoms with E-state index >= 15 is 0 Å². The third kappa shape index (κ3) is 5.67. The summed E-state index contributed by atoms with van der Waals surface area (Å²) in [5.74, 6) is -0.579. The van der Waals surface area contributed by atoms with Gasteiger partial charge in [0.2, 0.25) is 0 Å². The summed E-state index contributed by atoms with van der Waals surface area (Å²) in [4.78, 5) is 41.8. The molecule has 0 unspecified atom stereocenters. The van der Waals surface area contributed by atoms with Crippen molar-refractivity contribution in [1.29, 1.82) is 0 Å².